The first kappa shape index (κ1) is 15.9. The zero-order valence-electron chi connectivity index (χ0n) is 12.3. The molecule has 0 spiro atoms. The summed E-state index contributed by atoms with van der Waals surface area (Å²) in [6, 6.07) is 0. The molecule has 120 valence electrons. The van der Waals surface area contributed by atoms with Crippen LogP contribution in [-0.2, 0) is 9.47 Å². The van der Waals surface area contributed by atoms with Gasteiger partial charge in [-0.3, -0.25) is 0 Å². The van der Waals surface area contributed by atoms with Crippen molar-refractivity contribution in [2.75, 3.05) is 0 Å². The number of carbonyl (C=O) groups is 2. The van der Waals surface area contributed by atoms with Gasteiger partial charge in [0.15, 0.2) is 0 Å². The summed E-state index contributed by atoms with van der Waals surface area (Å²) in [6.07, 6.45) is 6.90. The van der Waals surface area contributed by atoms with E-state index in [-0.39, 0.29) is 0 Å². The minimum absolute atomic E-state index is 0.322. The monoisotopic (exact) mass is 300 g/mol. The van der Waals surface area contributed by atoms with Crippen LogP contribution < -0.4 is 0 Å². The molecule has 0 saturated heterocycles. The van der Waals surface area contributed by atoms with Gasteiger partial charge in [-0.15, -0.1) is 0 Å². The lowest BCUT2D eigenvalue weighted by Crippen LogP contribution is -2.43. The number of rotatable bonds is 4. The largest absolute Gasteiger partial charge is 0.509 e. The fourth-order valence-electron chi connectivity index (χ4n) is 3.79. The smallest absolute Gasteiger partial charge is 0.450 e. The van der Waals surface area contributed by atoms with Crippen molar-refractivity contribution in [1.82, 2.24) is 0 Å². The van der Waals surface area contributed by atoms with E-state index < -0.39 is 18.1 Å². The molecule has 2 rings (SSSR count). The van der Waals surface area contributed by atoms with Crippen LogP contribution in [0.25, 0.3) is 0 Å². The van der Waals surface area contributed by atoms with Gasteiger partial charge >= 0.3 is 12.3 Å². The average Bonchev–Trinajstić information content (AvgIpc) is 2.41. The van der Waals surface area contributed by atoms with Crippen molar-refractivity contribution in [1.29, 1.82) is 0 Å². The third-order valence-corrected chi connectivity index (χ3v) is 4.81. The molecule has 0 heterocycles. The summed E-state index contributed by atoms with van der Waals surface area (Å²) in [5.74, 6) is -0.200. The van der Waals surface area contributed by atoms with Crippen molar-refractivity contribution < 1.29 is 29.3 Å². The molecular formula is C15H24O6. The maximum Gasteiger partial charge on any atom is 0.509 e. The molecular weight excluding hydrogens is 276 g/mol. The van der Waals surface area contributed by atoms with Crippen LogP contribution in [0, 0.1) is 11.8 Å². The van der Waals surface area contributed by atoms with Gasteiger partial charge in [-0.05, 0) is 31.1 Å². The highest BCUT2D eigenvalue weighted by molar-refractivity contribution is 5.60. The molecule has 0 aromatic heterocycles. The summed E-state index contributed by atoms with van der Waals surface area (Å²) in [5, 5.41) is 17.6. The molecule has 0 aromatic carbocycles. The highest BCUT2D eigenvalue weighted by Crippen LogP contribution is 2.40. The second-order valence-corrected chi connectivity index (χ2v) is 6.33. The Morgan fingerprint density at radius 1 is 0.857 bits per heavy atom. The van der Waals surface area contributed by atoms with Crippen LogP contribution in [0.2, 0.25) is 0 Å². The Morgan fingerprint density at radius 2 is 1.33 bits per heavy atom. The molecule has 2 N–H and O–H groups in total. The Bertz CT molecular complexity index is 348. The fraction of sp³-hybridized carbons (Fsp3) is 0.867. The highest BCUT2D eigenvalue weighted by Gasteiger charge is 2.43. The SMILES string of the molecule is O=C(O)OC1(OC(=O)O)CCC(CC2CCCCC2)CC1. The van der Waals surface area contributed by atoms with Crippen molar-refractivity contribution in [3.8, 4) is 0 Å². The molecule has 0 radical (unpaired) electrons. The minimum Gasteiger partial charge on any atom is -0.450 e. The van der Waals surface area contributed by atoms with Crippen molar-refractivity contribution in [3.05, 3.63) is 0 Å². The summed E-state index contributed by atoms with van der Waals surface area (Å²) < 4.78 is 9.48. The summed E-state index contributed by atoms with van der Waals surface area (Å²) in [5.41, 5.74) is 0. The Kier molecular flexibility index (Phi) is 5.31. The predicted octanol–water partition coefficient (Wildman–Crippen LogP) is 4.23. The molecule has 0 aliphatic heterocycles. The molecule has 2 fully saturated rings. The van der Waals surface area contributed by atoms with Gasteiger partial charge in [-0.1, -0.05) is 32.1 Å². The molecule has 6 heteroatoms. The van der Waals surface area contributed by atoms with Crippen LogP contribution in [-0.4, -0.2) is 28.3 Å². The molecule has 6 nitrogen and oxygen atoms in total. The molecule has 21 heavy (non-hydrogen) atoms. The summed E-state index contributed by atoms with van der Waals surface area (Å²) in [4.78, 5) is 21.5. The first-order valence-corrected chi connectivity index (χ1v) is 7.83. The van der Waals surface area contributed by atoms with Gasteiger partial charge in [-0.25, -0.2) is 9.59 Å². The quantitative estimate of drug-likeness (QED) is 0.596. The van der Waals surface area contributed by atoms with Gasteiger partial charge < -0.3 is 19.7 Å². The van der Waals surface area contributed by atoms with Gasteiger partial charge in [0.2, 0.25) is 0 Å². The van der Waals surface area contributed by atoms with E-state index in [2.05, 4.69) is 0 Å². The normalized spacial score (nSPS) is 23.4. The molecule has 2 aliphatic rings. The topological polar surface area (TPSA) is 93.1 Å². The van der Waals surface area contributed by atoms with Crippen molar-refractivity contribution >= 4 is 12.3 Å². The summed E-state index contributed by atoms with van der Waals surface area (Å²) >= 11 is 0. The van der Waals surface area contributed by atoms with E-state index >= 15 is 0 Å². The van der Waals surface area contributed by atoms with Gasteiger partial charge in [0.05, 0.1) is 0 Å². The summed E-state index contributed by atoms with van der Waals surface area (Å²) in [6.45, 7) is 0. The van der Waals surface area contributed by atoms with Crippen LogP contribution in [0.1, 0.15) is 64.2 Å². The molecule has 0 atom stereocenters. The van der Waals surface area contributed by atoms with Crippen LogP contribution in [0.4, 0.5) is 9.59 Å². The van der Waals surface area contributed by atoms with E-state index in [1.807, 2.05) is 0 Å². The Labute approximate surface area is 124 Å². The van der Waals surface area contributed by atoms with Crippen LogP contribution in [0.15, 0.2) is 0 Å². The maximum atomic E-state index is 10.8. The van der Waals surface area contributed by atoms with E-state index in [4.69, 9.17) is 19.7 Å². The first-order valence-electron chi connectivity index (χ1n) is 7.83. The standard InChI is InChI=1S/C15H24O6/c16-13(17)20-15(21-14(18)19)8-6-12(7-9-15)10-11-4-2-1-3-5-11/h11-12H,1-10H2,(H,16,17)(H,18,19). The number of hydrogen-bond acceptors (Lipinski definition) is 4. The predicted molar refractivity (Wildman–Crippen MR) is 74.1 cm³/mol. The van der Waals surface area contributed by atoms with E-state index in [0.29, 0.717) is 18.8 Å². The Morgan fingerprint density at radius 3 is 1.81 bits per heavy atom. The number of carboxylic acid groups (broad SMARTS) is 2. The van der Waals surface area contributed by atoms with Gasteiger partial charge in [0.25, 0.3) is 5.79 Å². The molecule has 0 unspecified atom stereocenters. The lowest BCUT2D eigenvalue weighted by Gasteiger charge is -2.38. The van der Waals surface area contributed by atoms with Gasteiger partial charge in [-0.2, -0.15) is 0 Å². The molecule has 0 amide bonds. The lowest BCUT2D eigenvalue weighted by molar-refractivity contribution is -0.204. The van der Waals surface area contributed by atoms with E-state index in [9.17, 15) is 9.59 Å². The fourth-order valence-corrected chi connectivity index (χ4v) is 3.79. The summed E-state index contributed by atoms with van der Waals surface area (Å²) in [7, 11) is 0. The zero-order chi connectivity index (χ0) is 15.3. The average molecular weight is 300 g/mol. The third kappa shape index (κ3) is 4.79. The van der Waals surface area contributed by atoms with E-state index in [0.717, 1.165) is 25.2 Å². The Balaban J connectivity index is 1.86. The molecule has 2 aliphatic carbocycles. The lowest BCUT2D eigenvalue weighted by atomic mass is 9.76. The zero-order valence-corrected chi connectivity index (χ0v) is 12.3. The van der Waals surface area contributed by atoms with Crippen LogP contribution in [0.5, 0.6) is 0 Å². The van der Waals surface area contributed by atoms with E-state index in [1.54, 1.807) is 0 Å². The second kappa shape index (κ2) is 7.00. The molecule has 0 bridgehead atoms. The number of ether oxygens (including phenoxy) is 2. The van der Waals surface area contributed by atoms with Gasteiger partial charge in [0.1, 0.15) is 0 Å². The van der Waals surface area contributed by atoms with E-state index in [1.165, 1.54) is 32.1 Å². The van der Waals surface area contributed by atoms with Crippen LogP contribution in [0.3, 0.4) is 0 Å². The molecule has 0 aromatic rings. The van der Waals surface area contributed by atoms with Crippen molar-refractivity contribution in [3.63, 3.8) is 0 Å². The minimum atomic E-state index is -1.50. The van der Waals surface area contributed by atoms with Crippen LogP contribution >= 0.6 is 0 Å². The first-order chi connectivity index (χ1) is 9.99. The maximum absolute atomic E-state index is 10.8. The molecule has 2 saturated carbocycles. The van der Waals surface area contributed by atoms with Crippen molar-refractivity contribution in [2.45, 2.75) is 70.0 Å². The Hall–Kier alpha value is -1.46. The second-order valence-electron chi connectivity index (χ2n) is 6.33. The number of hydrogen-bond donors (Lipinski definition) is 2. The third-order valence-electron chi connectivity index (χ3n) is 4.81. The highest BCUT2D eigenvalue weighted by atomic mass is 16.8. The van der Waals surface area contributed by atoms with Gasteiger partial charge in [0, 0.05) is 12.8 Å². The van der Waals surface area contributed by atoms with Crippen molar-refractivity contribution in [2.24, 2.45) is 11.8 Å².